The predicted octanol–water partition coefficient (Wildman–Crippen LogP) is 9.93. The molecule has 4 heterocycles. The number of fused-ring (bicyclic) bond motifs is 3. The standard InChI is InChI=1S/C48H36N8/c1-32(51-41(34-19-8-3-9-20-34)29-39(49)33-17-6-2-7-18-33)40-30-44(55-48(54-40)56-45-27-15-14-25-37(45)38-26-16-28-50-47(38)56)46-52-42(35-21-10-4-11-22-35)31-43(53-46)36-23-12-5-13-24-36/h2-31,38,47H,1,49H2/b39-29-,51-41+. The molecule has 0 amide bonds. The number of rotatable bonds is 9. The molecule has 0 radical (unpaired) electrons. The van der Waals surface area contributed by atoms with Gasteiger partial charge in [0.2, 0.25) is 5.95 Å². The third-order valence-corrected chi connectivity index (χ3v) is 9.83. The number of aliphatic imine (C=N–C) groups is 2. The van der Waals surface area contributed by atoms with E-state index < -0.39 is 0 Å². The molecule has 0 saturated heterocycles. The Morgan fingerprint density at radius 2 is 1.23 bits per heavy atom. The second-order valence-corrected chi connectivity index (χ2v) is 13.5. The first-order valence-corrected chi connectivity index (χ1v) is 18.4. The fraction of sp³-hybridized carbons (Fsp3) is 0.0417. The van der Waals surface area contributed by atoms with Crippen molar-refractivity contribution in [3.05, 3.63) is 205 Å². The molecule has 2 atom stereocenters. The molecule has 0 fully saturated rings. The number of nitrogens with two attached hydrogens (primary N) is 1. The highest BCUT2D eigenvalue weighted by atomic mass is 15.4. The average Bonchev–Trinajstić information content (AvgIpc) is 3.61. The summed E-state index contributed by atoms with van der Waals surface area (Å²) in [6.07, 6.45) is 7.61. The van der Waals surface area contributed by atoms with Crippen LogP contribution in [0.15, 0.2) is 193 Å². The Labute approximate surface area is 325 Å². The maximum atomic E-state index is 6.67. The van der Waals surface area contributed by atoms with Crippen LogP contribution in [0.5, 0.6) is 0 Å². The molecule has 56 heavy (non-hydrogen) atoms. The van der Waals surface area contributed by atoms with Crippen LogP contribution in [0.4, 0.5) is 11.6 Å². The van der Waals surface area contributed by atoms with Gasteiger partial charge in [0.25, 0.3) is 0 Å². The van der Waals surface area contributed by atoms with E-state index in [0.717, 1.165) is 44.9 Å². The number of nitrogens with zero attached hydrogens (tertiary/aromatic N) is 7. The van der Waals surface area contributed by atoms with Gasteiger partial charge in [-0.2, -0.15) is 0 Å². The lowest BCUT2D eigenvalue weighted by Crippen LogP contribution is -2.30. The number of allylic oxidation sites excluding steroid dienone is 2. The number of anilines is 2. The zero-order valence-electron chi connectivity index (χ0n) is 30.4. The first kappa shape index (κ1) is 34.2. The Balaban J connectivity index is 1.24. The molecule has 7 aromatic rings. The zero-order valence-corrected chi connectivity index (χ0v) is 30.4. The van der Waals surface area contributed by atoms with Crippen molar-refractivity contribution in [1.82, 2.24) is 19.9 Å². The molecule has 8 heteroatoms. The molecular weight excluding hydrogens is 689 g/mol. The van der Waals surface area contributed by atoms with Gasteiger partial charge >= 0.3 is 0 Å². The first-order chi connectivity index (χ1) is 27.6. The highest BCUT2D eigenvalue weighted by Crippen LogP contribution is 2.46. The van der Waals surface area contributed by atoms with E-state index in [0.29, 0.717) is 40.3 Å². The summed E-state index contributed by atoms with van der Waals surface area (Å²) in [5, 5.41) is 0. The molecule has 0 saturated carbocycles. The van der Waals surface area contributed by atoms with Gasteiger partial charge in [0.15, 0.2) is 5.82 Å². The van der Waals surface area contributed by atoms with Crippen molar-refractivity contribution in [2.45, 2.75) is 12.1 Å². The maximum Gasteiger partial charge on any atom is 0.233 e. The number of benzene rings is 5. The summed E-state index contributed by atoms with van der Waals surface area (Å²) in [6, 6.07) is 52.2. The van der Waals surface area contributed by atoms with Crippen LogP contribution in [0.3, 0.4) is 0 Å². The minimum absolute atomic E-state index is 0.0336. The third kappa shape index (κ3) is 6.83. The van der Waals surface area contributed by atoms with Crippen LogP contribution < -0.4 is 10.6 Å². The Morgan fingerprint density at radius 3 is 1.89 bits per heavy atom. The van der Waals surface area contributed by atoms with Crippen LogP contribution in [0, 0.1) is 0 Å². The number of hydrogen-bond acceptors (Lipinski definition) is 8. The lowest BCUT2D eigenvalue weighted by atomic mass is 9.97. The van der Waals surface area contributed by atoms with E-state index in [4.69, 9.17) is 35.7 Å². The molecular formula is C48H36N8. The van der Waals surface area contributed by atoms with Gasteiger partial charge in [0.05, 0.1) is 34.2 Å². The van der Waals surface area contributed by atoms with Crippen molar-refractivity contribution in [1.29, 1.82) is 0 Å². The summed E-state index contributed by atoms with van der Waals surface area (Å²) in [6.45, 7) is 4.48. The van der Waals surface area contributed by atoms with Crippen LogP contribution in [-0.2, 0) is 0 Å². The van der Waals surface area contributed by atoms with Crippen molar-refractivity contribution in [2.24, 2.45) is 15.7 Å². The van der Waals surface area contributed by atoms with Crippen LogP contribution in [0.2, 0.25) is 0 Å². The molecule has 2 aromatic heterocycles. The van der Waals surface area contributed by atoms with Crippen molar-refractivity contribution in [3.63, 3.8) is 0 Å². The Morgan fingerprint density at radius 1 is 0.643 bits per heavy atom. The van der Waals surface area contributed by atoms with E-state index in [2.05, 4.69) is 35.8 Å². The largest absolute Gasteiger partial charge is 0.398 e. The summed E-state index contributed by atoms with van der Waals surface area (Å²) < 4.78 is 0. The van der Waals surface area contributed by atoms with Gasteiger partial charge in [-0.25, -0.2) is 24.9 Å². The number of dihydropyridines is 1. The van der Waals surface area contributed by atoms with Gasteiger partial charge in [-0.15, -0.1) is 0 Å². The lowest BCUT2D eigenvalue weighted by molar-refractivity contribution is 0.648. The third-order valence-electron chi connectivity index (χ3n) is 9.83. The Kier molecular flexibility index (Phi) is 9.19. The lowest BCUT2D eigenvalue weighted by Gasteiger charge is -2.26. The number of hydrogen-bond donors (Lipinski definition) is 1. The van der Waals surface area contributed by atoms with Crippen molar-refractivity contribution < 1.29 is 0 Å². The normalized spacial score (nSPS) is 16.0. The fourth-order valence-electron chi connectivity index (χ4n) is 7.08. The van der Waals surface area contributed by atoms with Crippen molar-refractivity contribution in [3.8, 4) is 34.0 Å². The molecule has 9 rings (SSSR count). The summed E-state index contributed by atoms with van der Waals surface area (Å²) in [5.41, 5.74) is 16.7. The van der Waals surface area contributed by atoms with E-state index in [9.17, 15) is 0 Å². The van der Waals surface area contributed by atoms with Crippen LogP contribution in [-0.4, -0.2) is 38.0 Å². The molecule has 0 aliphatic carbocycles. The topological polar surface area (TPSA) is 106 Å². The average molecular weight is 725 g/mol. The Bertz CT molecular complexity index is 2610. The predicted molar refractivity (Wildman–Crippen MR) is 227 cm³/mol. The van der Waals surface area contributed by atoms with E-state index in [1.54, 1.807) is 0 Å². The smallest absolute Gasteiger partial charge is 0.233 e. The molecule has 2 unspecified atom stereocenters. The van der Waals surface area contributed by atoms with Crippen molar-refractivity contribution in [2.75, 3.05) is 4.90 Å². The van der Waals surface area contributed by atoms with Crippen LogP contribution in [0.25, 0.3) is 45.4 Å². The monoisotopic (exact) mass is 724 g/mol. The summed E-state index contributed by atoms with van der Waals surface area (Å²) in [7, 11) is 0. The zero-order chi connectivity index (χ0) is 37.8. The van der Waals surface area contributed by atoms with Gasteiger partial charge in [0.1, 0.15) is 11.9 Å². The minimum Gasteiger partial charge on any atom is -0.398 e. The van der Waals surface area contributed by atoms with Gasteiger partial charge in [-0.05, 0) is 41.5 Å². The highest BCUT2D eigenvalue weighted by Gasteiger charge is 2.40. The van der Waals surface area contributed by atoms with E-state index in [1.807, 2.05) is 158 Å². The van der Waals surface area contributed by atoms with E-state index in [-0.39, 0.29) is 12.1 Å². The van der Waals surface area contributed by atoms with Crippen LogP contribution >= 0.6 is 0 Å². The Hall–Kier alpha value is -7.58. The quantitative estimate of drug-likeness (QED) is 0.149. The summed E-state index contributed by atoms with van der Waals surface area (Å²) in [4.78, 5) is 32.8. The maximum absolute atomic E-state index is 6.67. The molecule has 8 nitrogen and oxygen atoms in total. The minimum atomic E-state index is -0.276. The molecule has 2 N–H and O–H groups in total. The van der Waals surface area contributed by atoms with Gasteiger partial charge in [0, 0.05) is 34.5 Å². The second-order valence-electron chi connectivity index (χ2n) is 13.5. The van der Waals surface area contributed by atoms with Gasteiger partial charge in [-0.3, -0.25) is 9.89 Å². The SMILES string of the molecule is C=C(/N=C(\C=C(/N)c1ccccc1)c1ccccc1)c1cc(-c2nc(-c3ccccc3)cc(-c3ccccc3)n2)nc(N2c3ccccc3C3C=CC=NC32)n1. The van der Waals surface area contributed by atoms with Crippen molar-refractivity contribution >= 4 is 35.0 Å². The molecule has 5 aromatic carbocycles. The summed E-state index contributed by atoms with van der Waals surface area (Å²) >= 11 is 0. The van der Waals surface area contributed by atoms with Crippen LogP contribution in [0.1, 0.15) is 28.3 Å². The molecule has 2 aliphatic heterocycles. The fourth-order valence-corrected chi connectivity index (χ4v) is 7.08. The van der Waals surface area contributed by atoms with E-state index in [1.165, 1.54) is 0 Å². The van der Waals surface area contributed by atoms with E-state index >= 15 is 0 Å². The molecule has 0 spiro atoms. The van der Waals surface area contributed by atoms with Gasteiger partial charge in [-0.1, -0.05) is 152 Å². The molecule has 2 aliphatic rings. The molecule has 0 bridgehead atoms. The van der Waals surface area contributed by atoms with Gasteiger partial charge < -0.3 is 5.73 Å². The molecule has 268 valence electrons. The number of aromatic nitrogens is 4. The second kappa shape index (κ2) is 15.0. The number of para-hydroxylation sites is 1. The highest BCUT2D eigenvalue weighted by molar-refractivity contribution is 6.13. The summed E-state index contributed by atoms with van der Waals surface area (Å²) in [5.74, 6) is 0.919. The first-order valence-electron chi connectivity index (χ1n) is 18.4.